The van der Waals surface area contributed by atoms with Gasteiger partial charge in [-0.05, 0) is 12.1 Å². The molecule has 1 aromatic heterocycles. The molecule has 0 aliphatic heterocycles. The molecule has 0 unspecified atom stereocenters. The molecule has 0 fully saturated rings. The van der Waals surface area contributed by atoms with Crippen LogP contribution in [0.3, 0.4) is 0 Å². The van der Waals surface area contributed by atoms with E-state index in [1.807, 2.05) is 6.92 Å². The molecule has 2 rings (SSSR count). The first kappa shape index (κ1) is 11.4. The van der Waals surface area contributed by atoms with Crippen molar-refractivity contribution in [3.63, 3.8) is 0 Å². The third-order valence-corrected chi connectivity index (χ3v) is 2.72. The summed E-state index contributed by atoms with van der Waals surface area (Å²) >= 11 is 0. The molecular formula is C13H13NO3. The van der Waals surface area contributed by atoms with Crippen LogP contribution in [-0.4, -0.2) is 23.8 Å². The van der Waals surface area contributed by atoms with Crippen molar-refractivity contribution in [3.05, 3.63) is 35.5 Å². The SMILES string of the molecule is CCC(=O)c1c[nH]c2cc(C(=O)OC)ccc12. The molecule has 2 aromatic rings. The van der Waals surface area contributed by atoms with Gasteiger partial charge in [0.15, 0.2) is 5.78 Å². The number of nitrogens with one attached hydrogen (secondary N) is 1. The highest BCUT2D eigenvalue weighted by molar-refractivity contribution is 6.08. The number of aromatic nitrogens is 1. The molecule has 17 heavy (non-hydrogen) atoms. The van der Waals surface area contributed by atoms with E-state index in [2.05, 4.69) is 9.72 Å². The Morgan fingerprint density at radius 1 is 1.35 bits per heavy atom. The molecule has 1 heterocycles. The smallest absolute Gasteiger partial charge is 0.337 e. The Kier molecular flexibility index (Phi) is 2.95. The van der Waals surface area contributed by atoms with E-state index in [-0.39, 0.29) is 11.8 Å². The van der Waals surface area contributed by atoms with Crippen LogP contribution in [0, 0.1) is 0 Å². The largest absolute Gasteiger partial charge is 0.465 e. The summed E-state index contributed by atoms with van der Waals surface area (Å²) in [4.78, 5) is 26.0. The van der Waals surface area contributed by atoms with Crippen molar-refractivity contribution in [1.29, 1.82) is 0 Å². The van der Waals surface area contributed by atoms with E-state index in [1.54, 1.807) is 24.4 Å². The van der Waals surface area contributed by atoms with Crippen molar-refractivity contribution < 1.29 is 14.3 Å². The second kappa shape index (κ2) is 4.41. The fraction of sp³-hybridized carbons (Fsp3) is 0.231. The fourth-order valence-corrected chi connectivity index (χ4v) is 1.79. The molecule has 0 radical (unpaired) electrons. The molecule has 4 nitrogen and oxygen atoms in total. The summed E-state index contributed by atoms with van der Waals surface area (Å²) < 4.78 is 4.64. The van der Waals surface area contributed by atoms with E-state index in [1.165, 1.54) is 7.11 Å². The van der Waals surface area contributed by atoms with Gasteiger partial charge in [0.2, 0.25) is 0 Å². The molecule has 0 bridgehead atoms. The lowest BCUT2D eigenvalue weighted by Gasteiger charge is -1.99. The maximum absolute atomic E-state index is 11.7. The van der Waals surface area contributed by atoms with Crippen molar-refractivity contribution in [2.45, 2.75) is 13.3 Å². The Hall–Kier alpha value is -2.10. The number of carbonyl (C=O) groups excluding carboxylic acids is 2. The summed E-state index contributed by atoms with van der Waals surface area (Å²) in [6.07, 6.45) is 2.14. The first-order chi connectivity index (χ1) is 8.17. The third kappa shape index (κ3) is 1.93. The predicted octanol–water partition coefficient (Wildman–Crippen LogP) is 2.55. The summed E-state index contributed by atoms with van der Waals surface area (Å²) in [6, 6.07) is 5.11. The summed E-state index contributed by atoms with van der Waals surface area (Å²) in [5.74, 6) is -0.299. The van der Waals surface area contributed by atoms with E-state index in [0.29, 0.717) is 17.5 Å². The zero-order valence-corrected chi connectivity index (χ0v) is 9.74. The van der Waals surface area contributed by atoms with Gasteiger partial charge >= 0.3 is 5.97 Å². The molecule has 1 N–H and O–H groups in total. The molecular weight excluding hydrogens is 218 g/mol. The number of aromatic amines is 1. The zero-order chi connectivity index (χ0) is 12.4. The number of rotatable bonds is 3. The van der Waals surface area contributed by atoms with Crippen LogP contribution in [0.15, 0.2) is 24.4 Å². The minimum absolute atomic E-state index is 0.0852. The van der Waals surface area contributed by atoms with Crippen LogP contribution in [0.2, 0.25) is 0 Å². The molecule has 0 atom stereocenters. The number of methoxy groups -OCH3 is 1. The number of hydrogen-bond donors (Lipinski definition) is 1. The van der Waals surface area contributed by atoms with Gasteiger partial charge in [0.1, 0.15) is 0 Å². The average molecular weight is 231 g/mol. The van der Waals surface area contributed by atoms with Crippen LogP contribution in [0.5, 0.6) is 0 Å². The monoisotopic (exact) mass is 231 g/mol. The standard InChI is InChI=1S/C13H13NO3/c1-3-12(15)10-7-14-11-6-8(13(16)17-2)4-5-9(10)11/h4-7,14H,3H2,1-2H3. The maximum atomic E-state index is 11.7. The van der Waals surface area contributed by atoms with Gasteiger partial charge in [0.05, 0.1) is 12.7 Å². The second-order valence-electron chi connectivity index (χ2n) is 3.73. The van der Waals surface area contributed by atoms with Crippen molar-refractivity contribution in [2.75, 3.05) is 7.11 Å². The van der Waals surface area contributed by atoms with Crippen molar-refractivity contribution in [3.8, 4) is 0 Å². The van der Waals surface area contributed by atoms with E-state index in [4.69, 9.17) is 0 Å². The molecule has 0 saturated heterocycles. The number of benzene rings is 1. The van der Waals surface area contributed by atoms with Crippen LogP contribution in [0.25, 0.3) is 10.9 Å². The third-order valence-electron chi connectivity index (χ3n) is 2.72. The molecule has 0 aliphatic rings. The van der Waals surface area contributed by atoms with Gasteiger partial charge in [0, 0.05) is 29.1 Å². The Balaban J connectivity index is 2.52. The number of Topliss-reactive ketones (excluding diaryl/α,β-unsaturated/α-hetero) is 1. The number of esters is 1. The first-order valence-corrected chi connectivity index (χ1v) is 5.40. The lowest BCUT2D eigenvalue weighted by molar-refractivity contribution is 0.0601. The highest BCUT2D eigenvalue weighted by atomic mass is 16.5. The Labute approximate surface area is 98.6 Å². The Bertz CT molecular complexity index is 583. The van der Waals surface area contributed by atoms with Crippen molar-refractivity contribution in [2.24, 2.45) is 0 Å². The summed E-state index contributed by atoms with van der Waals surface area (Å²) in [5.41, 5.74) is 1.90. The Morgan fingerprint density at radius 2 is 2.12 bits per heavy atom. The van der Waals surface area contributed by atoms with Crippen molar-refractivity contribution >= 4 is 22.7 Å². The lowest BCUT2D eigenvalue weighted by atomic mass is 10.1. The maximum Gasteiger partial charge on any atom is 0.337 e. The lowest BCUT2D eigenvalue weighted by Crippen LogP contribution is -2.00. The van der Waals surface area contributed by atoms with Crippen LogP contribution >= 0.6 is 0 Å². The molecule has 0 aliphatic carbocycles. The van der Waals surface area contributed by atoms with E-state index in [0.717, 1.165) is 10.9 Å². The topological polar surface area (TPSA) is 59.2 Å². The molecule has 0 amide bonds. The molecule has 0 saturated carbocycles. The number of fused-ring (bicyclic) bond motifs is 1. The van der Waals surface area contributed by atoms with Gasteiger partial charge in [0.25, 0.3) is 0 Å². The van der Waals surface area contributed by atoms with Gasteiger partial charge in [-0.3, -0.25) is 4.79 Å². The number of H-pyrrole nitrogens is 1. The molecule has 1 aromatic carbocycles. The number of ketones is 1. The Morgan fingerprint density at radius 3 is 2.76 bits per heavy atom. The number of carbonyl (C=O) groups is 2. The minimum atomic E-state index is -0.384. The van der Waals surface area contributed by atoms with Crippen LogP contribution in [-0.2, 0) is 4.74 Å². The summed E-state index contributed by atoms with van der Waals surface area (Å²) in [7, 11) is 1.34. The summed E-state index contributed by atoms with van der Waals surface area (Å²) in [6.45, 7) is 1.82. The minimum Gasteiger partial charge on any atom is -0.465 e. The van der Waals surface area contributed by atoms with E-state index < -0.39 is 0 Å². The van der Waals surface area contributed by atoms with E-state index >= 15 is 0 Å². The molecule has 88 valence electrons. The number of ether oxygens (including phenoxy) is 1. The highest BCUT2D eigenvalue weighted by Crippen LogP contribution is 2.21. The van der Waals surface area contributed by atoms with Gasteiger partial charge in [-0.25, -0.2) is 4.79 Å². The fourth-order valence-electron chi connectivity index (χ4n) is 1.79. The highest BCUT2D eigenvalue weighted by Gasteiger charge is 2.12. The average Bonchev–Trinajstić information content (AvgIpc) is 2.79. The molecule has 0 spiro atoms. The van der Waals surface area contributed by atoms with Gasteiger partial charge < -0.3 is 9.72 Å². The quantitative estimate of drug-likeness (QED) is 0.652. The summed E-state index contributed by atoms with van der Waals surface area (Å²) in [5, 5.41) is 0.838. The van der Waals surface area contributed by atoms with Crippen molar-refractivity contribution in [1.82, 2.24) is 4.98 Å². The van der Waals surface area contributed by atoms with Gasteiger partial charge in [-0.2, -0.15) is 0 Å². The second-order valence-corrected chi connectivity index (χ2v) is 3.73. The predicted molar refractivity (Wildman–Crippen MR) is 64.3 cm³/mol. The first-order valence-electron chi connectivity index (χ1n) is 5.40. The van der Waals surface area contributed by atoms with Gasteiger partial charge in [-0.15, -0.1) is 0 Å². The van der Waals surface area contributed by atoms with Crippen LogP contribution < -0.4 is 0 Å². The van der Waals surface area contributed by atoms with Gasteiger partial charge in [-0.1, -0.05) is 13.0 Å². The van der Waals surface area contributed by atoms with Crippen LogP contribution in [0.1, 0.15) is 34.1 Å². The van der Waals surface area contributed by atoms with E-state index in [9.17, 15) is 9.59 Å². The van der Waals surface area contributed by atoms with Crippen LogP contribution in [0.4, 0.5) is 0 Å². The molecule has 4 heteroatoms. The normalized spacial score (nSPS) is 10.5. The number of hydrogen-bond acceptors (Lipinski definition) is 3. The zero-order valence-electron chi connectivity index (χ0n) is 9.74.